The number of dihydropyridines is 1. The first kappa shape index (κ1) is 15.6. The van der Waals surface area contributed by atoms with Gasteiger partial charge in [-0.25, -0.2) is 4.98 Å². The van der Waals surface area contributed by atoms with E-state index in [9.17, 15) is 18.0 Å². The number of hydrogen-bond acceptors (Lipinski definition) is 4. The molecule has 2 rings (SSSR count). The molecule has 0 bridgehead atoms. The van der Waals surface area contributed by atoms with E-state index >= 15 is 0 Å². The Morgan fingerprint density at radius 3 is 2.81 bits per heavy atom. The molecule has 1 atom stereocenters. The molecule has 0 aromatic carbocycles. The van der Waals surface area contributed by atoms with Gasteiger partial charge >= 0.3 is 6.18 Å². The summed E-state index contributed by atoms with van der Waals surface area (Å²) >= 11 is 1.52. The highest BCUT2D eigenvalue weighted by Gasteiger charge is 2.27. The Bertz CT molecular complexity index is 577. The molecular weight excluding hydrogens is 303 g/mol. The van der Waals surface area contributed by atoms with Crippen LogP contribution in [0.15, 0.2) is 23.7 Å². The van der Waals surface area contributed by atoms with Gasteiger partial charge in [0.2, 0.25) is 5.91 Å². The Labute approximate surface area is 123 Å². The fourth-order valence-electron chi connectivity index (χ4n) is 1.74. The van der Waals surface area contributed by atoms with Gasteiger partial charge in [-0.1, -0.05) is 12.2 Å². The molecule has 114 valence electrons. The van der Waals surface area contributed by atoms with Crippen molar-refractivity contribution in [1.29, 1.82) is 0 Å². The lowest BCUT2D eigenvalue weighted by Crippen LogP contribution is -2.42. The molecule has 0 fully saturated rings. The summed E-state index contributed by atoms with van der Waals surface area (Å²) in [4.78, 5) is 16.0. The molecule has 1 aromatic heterocycles. The van der Waals surface area contributed by atoms with Crippen molar-refractivity contribution in [2.45, 2.75) is 25.6 Å². The lowest BCUT2D eigenvalue weighted by Gasteiger charge is -2.18. The zero-order chi connectivity index (χ0) is 15.5. The number of aryl methyl sites for hydroxylation is 1. The number of amides is 1. The summed E-state index contributed by atoms with van der Waals surface area (Å²) in [6.07, 6.45) is -0.318. The SMILES string of the molecule is Cc1nc(C2=CNC(C(=O)NCCC(F)(F)F)C=C2)cs1. The normalized spacial score (nSPS) is 18.1. The third-order valence-corrected chi connectivity index (χ3v) is 3.57. The molecule has 0 saturated carbocycles. The predicted molar refractivity (Wildman–Crippen MR) is 74.6 cm³/mol. The van der Waals surface area contributed by atoms with Crippen LogP contribution in [-0.2, 0) is 4.79 Å². The van der Waals surface area contributed by atoms with Crippen molar-refractivity contribution in [3.05, 3.63) is 34.4 Å². The molecule has 4 nitrogen and oxygen atoms in total. The zero-order valence-corrected chi connectivity index (χ0v) is 12.0. The molecular formula is C13H14F3N3OS. The fraction of sp³-hybridized carbons (Fsp3) is 0.385. The van der Waals surface area contributed by atoms with Crippen molar-refractivity contribution in [2.24, 2.45) is 0 Å². The maximum atomic E-state index is 12.0. The molecule has 0 radical (unpaired) electrons. The van der Waals surface area contributed by atoms with E-state index in [1.54, 1.807) is 18.4 Å². The number of allylic oxidation sites excluding steroid dienone is 2. The van der Waals surface area contributed by atoms with Crippen molar-refractivity contribution in [3.63, 3.8) is 0 Å². The van der Waals surface area contributed by atoms with Crippen LogP contribution in [0.5, 0.6) is 0 Å². The Morgan fingerprint density at radius 1 is 1.52 bits per heavy atom. The molecule has 1 aliphatic rings. The van der Waals surface area contributed by atoms with Crippen LogP contribution in [-0.4, -0.2) is 29.7 Å². The van der Waals surface area contributed by atoms with E-state index in [1.165, 1.54) is 11.3 Å². The van der Waals surface area contributed by atoms with Crippen LogP contribution in [0.2, 0.25) is 0 Å². The second-order valence-electron chi connectivity index (χ2n) is 4.51. The number of rotatable bonds is 4. The molecule has 0 aliphatic carbocycles. The summed E-state index contributed by atoms with van der Waals surface area (Å²) in [6.45, 7) is 1.47. The van der Waals surface area contributed by atoms with Crippen LogP contribution in [0, 0.1) is 6.92 Å². The van der Waals surface area contributed by atoms with Gasteiger partial charge in [-0.3, -0.25) is 4.79 Å². The van der Waals surface area contributed by atoms with Crippen molar-refractivity contribution in [2.75, 3.05) is 6.54 Å². The number of nitrogens with one attached hydrogen (secondary N) is 2. The van der Waals surface area contributed by atoms with E-state index in [2.05, 4.69) is 15.6 Å². The van der Waals surface area contributed by atoms with E-state index in [0.717, 1.165) is 16.3 Å². The molecule has 1 amide bonds. The van der Waals surface area contributed by atoms with E-state index in [0.29, 0.717) is 0 Å². The Morgan fingerprint density at radius 2 is 2.29 bits per heavy atom. The summed E-state index contributed by atoms with van der Waals surface area (Å²) < 4.78 is 36.0. The van der Waals surface area contributed by atoms with Gasteiger partial charge in [0.25, 0.3) is 0 Å². The minimum atomic E-state index is -4.27. The topological polar surface area (TPSA) is 54.0 Å². The Balaban J connectivity index is 1.85. The summed E-state index contributed by atoms with van der Waals surface area (Å²) in [5.74, 6) is -0.486. The summed E-state index contributed by atoms with van der Waals surface area (Å²) in [5.41, 5.74) is 1.64. The van der Waals surface area contributed by atoms with Crippen LogP contribution in [0.25, 0.3) is 5.57 Å². The lowest BCUT2D eigenvalue weighted by atomic mass is 10.1. The van der Waals surface area contributed by atoms with Gasteiger partial charge in [0.05, 0.1) is 17.1 Å². The number of aromatic nitrogens is 1. The van der Waals surface area contributed by atoms with Gasteiger partial charge in [0.1, 0.15) is 6.04 Å². The highest BCUT2D eigenvalue weighted by molar-refractivity contribution is 7.09. The van der Waals surface area contributed by atoms with Gasteiger partial charge in [0, 0.05) is 23.7 Å². The third-order valence-electron chi connectivity index (χ3n) is 2.79. The van der Waals surface area contributed by atoms with Crippen LogP contribution in [0.3, 0.4) is 0 Å². The van der Waals surface area contributed by atoms with Crippen molar-refractivity contribution >= 4 is 22.8 Å². The van der Waals surface area contributed by atoms with Crippen LogP contribution in [0.4, 0.5) is 13.2 Å². The van der Waals surface area contributed by atoms with Gasteiger partial charge in [-0.05, 0) is 6.92 Å². The largest absolute Gasteiger partial charge is 0.390 e. The molecule has 0 spiro atoms. The van der Waals surface area contributed by atoms with Crippen molar-refractivity contribution in [3.8, 4) is 0 Å². The second-order valence-corrected chi connectivity index (χ2v) is 5.57. The van der Waals surface area contributed by atoms with Crippen LogP contribution in [0.1, 0.15) is 17.1 Å². The van der Waals surface area contributed by atoms with E-state index < -0.39 is 31.1 Å². The second kappa shape index (κ2) is 6.30. The Kier molecular flexibility index (Phi) is 4.66. The van der Waals surface area contributed by atoms with Gasteiger partial charge in [-0.2, -0.15) is 13.2 Å². The Hall–Kier alpha value is -1.83. The van der Waals surface area contributed by atoms with Gasteiger partial charge in [0.15, 0.2) is 0 Å². The average Bonchev–Trinajstić information content (AvgIpc) is 2.84. The summed E-state index contributed by atoms with van der Waals surface area (Å²) in [5, 5.41) is 7.94. The highest BCUT2D eigenvalue weighted by atomic mass is 32.1. The summed E-state index contributed by atoms with van der Waals surface area (Å²) in [6, 6.07) is -0.665. The number of alkyl halides is 3. The first-order valence-electron chi connectivity index (χ1n) is 6.26. The summed E-state index contributed by atoms with van der Waals surface area (Å²) in [7, 11) is 0. The molecule has 1 aliphatic heterocycles. The van der Waals surface area contributed by atoms with Gasteiger partial charge in [-0.15, -0.1) is 11.3 Å². The molecule has 1 aromatic rings. The molecule has 8 heteroatoms. The molecule has 0 saturated heterocycles. The minimum Gasteiger partial charge on any atom is -0.376 e. The minimum absolute atomic E-state index is 0.420. The molecule has 2 heterocycles. The number of halogens is 3. The maximum absolute atomic E-state index is 12.0. The highest BCUT2D eigenvalue weighted by Crippen LogP contribution is 2.20. The number of thiazole rings is 1. The maximum Gasteiger partial charge on any atom is 0.390 e. The third kappa shape index (κ3) is 4.59. The average molecular weight is 317 g/mol. The van der Waals surface area contributed by atoms with E-state index in [4.69, 9.17) is 0 Å². The molecule has 1 unspecified atom stereocenters. The van der Waals surface area contributed by atoms with Crippen LogP contribution >= 0.6 is 11.3 Å². The lowest BCUT2D eigenvalue weighted by molar-refractivity contribution is -0.135. The number of hydrogen-bond donors (Lipinski definition) is 2. The van der Waals surface area contributed by atoms with Crippen molar-refractivity contribution in [1.82, 2.24) is 15.6 Å². The standard InChI is InChI=1S/C13H14F3N3OS/c1-8-19-11(7-21-8)9-2-3-10(18-6-9)12(20)17-5-4-13(14,15)16/h2-3,6-7,10,18H,4-5H2,1H3,(H,17,20). The zero-order valence-electron chi connectivity index (χ0n) is 11.2. The first-order valence-corrected chi connectivity index (χ1v) is 7.14. The molecule has 2 N–H and O–H groups in total. The van der Waals surface area contributed by atoms with E-state index in [1.807, 2.05) is 12.3 Å². The number of nitrogens with zero attached hydrogens (tertiary/aromatic N) is 1. The quantitative estimate of drug-likeness (QED) is 0.896. The smallest absolute Gasteiger partial charge is 0.376 e. The monoisotopic (exact) mass is 317 g/mol. The van der Waals surface area contributed by atoms with Crippen LogP contribution < -0.4 is 10.6 Å². The number of carbonyl (C=O) groups excluding carboxylic acids is 1. The van der Waals surface area contributed by atoms with E-state index in [-0.39, 0.29) is 0 Å². The first-order chi connectivity index (χ1) is 9.85. The van der Waals surface area contributed by atoms with Gasteiger partial charge < -0.3 is 10.6 Å². The number of carbonyl (C=O) groups is 1. The molecule has 21 heavy (non-hydrogen) atoms. The fourth-order valence-corrected chi connectivity index (χ4v) is 2.36. The predicted octanol–water partition coefficient (Wildman–Crippen LogP) is 2.39. The van der Waals surface area contributed by atoms with Crippen molar-refractivity contribution < 1.29 is 18.0 Å².